The summed E-state index contributed by atoms with van der Waals surface area (Å²) in [5.41, 5.74) is 7.54. The summed E-state index contributed by atoms with van der Waals surface area (Å²) in [4.78, 5) is 2.40. The summed E-state index contributed by atoms with van der Waals surface area (Å²) in [7, 11) is 0. The lowest BCUT2D eigenvalue weighted by Gasteiger charge is -2.28. The summed E-state index contributed by atoms with van der Waals surface area (Å²) in [5.74, 6) is 0. The number of benzene rings is 8. The number of rotatable bonds is 4. The van der Waals surface area contributed by atoms with E-state index in [0.717, 1.165) is 39.0 Å². The highest BCUT2D eigenvalue weighted by molar-refractivity contribution is 7.25. The van der Waals surface area contributed by atoms with Gasteiger partial charge in [0.2, 0.25) is 0 Å². The Balaban J connectivity index is 1.22. The number of fused-ring (bicyclic) bond motifs is 8. The van der Waals surface area contributed by atoms with Gasteiger partial charge in [0.15, 0.2) is 0 Å². The van der Waals surface area contributed by atoms with E-state index in [1.807, 2.05) is 23.5 Å². The highest BCUT2D eigenvalue weighted by atomic mass is 32.1. The van der Waals surface area contributed by atoms with Gasteiger partial charge in [0, 0.05) is 53.5 Å². The second-order valence-electron chi connectivity index (χ2n) is 12.1. The van der Waals surface area contributed by atoms with Crippen molar-refractivity contribution < 1.29 is 4.42 Å². The van der Waals surface area contributed by atoms with Crippen LogP contribution in [0.4, 0.5) is 17.1 Å². The molecule has 8 aromatic carbocycles. The van der Waals surface area contributed by atoms with Gasteiger partial charge in [0.1, 0.15) is 11.2 Å². The van der Waals surface area contributed by atoms with Crippen molar-refractivity contribution in [3.63, 3.8) is 0 Å². The molecule has 0 aliphatic carbocycles. The molecule has 2 heterocycles. The van der Waals surface area contributed by atoms with Gasteiger partial charge in [-0.05, 0) is 70.4 Å². The lowest BCUT2D eigenvalue weighted by Crippen LogP contribution is -2.11. The Morgan fingerprint density at radius 1 is 0.404 bits per heavy atom. The van der Waals surface area contributed by atoms with Crippen molar-refractivity contribution in [2.45, 2.75) is 0 Å². The molecule has 0 radical (unpaired) electrons. The number of furan rings is 1. The van der Waals surface area contributed by atoms with Gasteiger partial charge >= 0.3 is 0 Å². The minimum atomic E-state index is 0.881. The zero-order valence-corrected chi connectivity index (χ0v) is 26.2. The fourth-order valence-electron chi connectivity index (χ4n) is 7.29. The summed E-state index contributed by atoms with van der Waals surface area (Å²) in [6, 6.07) is 59.1. The minimum Gasteiger partial charge on any atom is -0.456 e. The van der Waals surface area contributed by atoms with Gasteiger partial charge in [-0.15, -0.1) is 11.3 Å². The van der Waals surface area contributed by atoms with Crippen LogP contribution in [0, 0.1) is 0 Å². The lowest BCUT2D eigenvalue weighted by atomic mass is 9.95. The number of thiophene rings is 1. The Morgan fingerprint density at radius 2 is 1.09 bits per heavy atom. The van der Waals surface area contributed by atoms with Crippen LogP contribution in [0.15, 0.2) is 168 Å². The van der Waals surface area contributed by atoms with Gasteiger partial charge in [0.05, 0.1) is 11.4 Å². The standard InChI is InChI=1S/C44H27NOS/c1-2-12-32-28(10-1)11-9-17-39(32)45(30-21-22-36-35-15-5-7-18-41(35)46-42(36)27-30)40-24-23-31(33-13-3-4-14-34(33)40)29-20-25-44-38(26-29)37-16-6-8-19-43(37)47-44/h1-27H. The molecule has 0 bridgehead atoms. The first-order chi connectivity index (χ1) is 23.3. The Bertz CT molecular complexity index is 2820. The number of hydrogen-bond acceptors (Lipinski definition) is 3. The van der Waals surface area contributed by atoms with Crippen molar-refractivity contribution in [2.75, 3.05) is 4.90 Å². The van der Waals surface area contributed by atoms with Crippen molar-refractivity contribution in [1.29, 1.82) is 0 Å². The van der Waals surface area contributed by atoms with Crippen molar-refractivity contribution >= 4 is 92.1 Å². The first kappa shape index (κ1) is 26.3. The van der Waals surface area contributed by atoms with Gasteiger partial charge in [-0.1, -0.05) is 109 Å². The number of hydrogen-bond donors (Lipinski definition) is 0. The summed E-state index contributed by atoms with van der Waals surface area (Å²) in [6.45, 7) is 0. The van der Waals surface area contributed by atoms with Crippen molar-refractivity contribution in [3.8, 4) is 11.1 Å². The topological polar surface area (TPSA) is 16.4 Å². The molecule has 0 fully saturated rings. The van der Waals surface area contributed by atoms with Crippen LogP contribution in [0.1, 0.15) is 0 Å². The van der Waals surface area contributed by atoms with Gasteiger partial charge in [-0.2, -0.15) is 0 Å². The molecule has 0 N–H and O–H groups in total. The van der Waals surface area contributed by atoms with Gasteiger partial charge < -0.3 is 9.32 Å². The van der Waals surface area contributed by atoms with Crippen molar-refractivity contribution in [3.05, 3.63) is 164 Å². The second-order valence-corrected chi connectivity index (χ2v) is 13.2. The molecule has 0 saturated heterocycles. The maximum Gasteiger partial charge on any atom is 0.137 e. The molecule has 0 spiro atoms. The molecule has 2 aromatic heterocycles. The highest BCUT2D eigenvalue weighted by Gasteiger charge is 2.21. The van der Waals surface area contributed by atoms with Crippen LogP contribution in [0.5, 0.6) is 0 Å². The maximum absolute atomic E-state index is 6.40. The molecule has 0 amide bonds. The average molecular weight is 618 g/mol. The maximum atomic E-state index is 6.40. The van der Waals surface area contributed by atoms with Gasteiger partial charge in [0.25, 0.3) is 0 Å². The molecule has 2 nitrogen and oxygen atoms in total. The molecule has 3 heteroatoms. The Kier molecular flexibility index (Phi) is 5.78. The third-order valence-electron chi connectivity index (χ3n) is 9.46. The molecule has 47 heavy (non-hydrogen) atoms. The molecule has 0 saturated carbocycles. The van der Waals surface area contributed by atoms with Crippen LogP contribution in [0.25, 0.3) is 74.8 Å². The fraction of sp³-hybridized carbons (Fsp3) is 0. The summed E-state index contributed by atoms with van der Waals surface area (Å²) in [5, 5.41) is 9.71. The van der Waals surface area contributed by atoms with Crippen LogP contribution >= 0.6 is 11.3 Å². The smallest absolute Gasteiger partial charge is 0.137 e. The third kappa shape index (κ3) is 4.10. The normalized spacial score (nSPS) is 11.8. The van der Waals surface area contributed by atoms with Crippen LogP contribution < -0.4 is 4.90 Å². The number of nitrogens with zero attached hydrogens (tertiary/aromatic N) is 1. The molecule has 0 aliphatic rings. The fourth-order valence-corrected chi connectivity index (χ4v) is 8.37. The first-order valence-electron chi connectivity index (χ1n) is 15.9. The van der Waals surface area contributed by atoms with E-state index < -0.39 is 0 Å². The third-order valence-corrected chi connectivity index (χ3v) is 10.6. The minimum absolute atomic E-state index is 0.881. The van der Waals surface area contributed by atoms with E-state index in [1.54, 1.807) is 0 Å². The largest absolute Gasteiger partial charge is 0.456 e. The summed E-state index contributed by atoms with van der Waals surface area (Å²) in [6.07, 6.45) is 0. The summed E-state index contributed by atoms with van der Waals surface area (Å²) < 4.78 is 9.04. The molecular weight excluding hydrogens is 591 g/mol. The van der Waals surface area contributed by atoms with Crippen LogP contribution in [0.3, 0.4) is 0 Å². The SMILES string of the molecule is c1ccc2c(N(c3ccc4c(c3)oc3ccccc34)c3ccc(-c4ccc5sc6ccccc6c5c4)c4ccccc34)cccc2c1. The van der Waals surface area contributed by atoms with Gasteiger partial charge in [-0.3, -0.25) is 0 Å². The number of anilines is 3. The molecular formula is C44H27NOS. The summed E-state index contributed by atoms with van der Waals surface area (Å²) >= 11 is 1.86. The number of para-hydroxylation sites is 1. The highest BCUT2D eigenvalue weighted by Crippen LogP contribution is 2.46. The van der Waals surface area contributed by atoms with E-state index >= 15 is 0 Å². The molecule has 0 unspecified atom stereocenters. The molecule has 10 rings (SSSR count). The Labute approximate surface area is 275 Å². The monoisotopic (exact) mass is 617 g/mol. The van der Waals surface area contributed by atoms with E-state index in [2.05, 4.69) is 157 Å². The van der Waals surface area contributed by atoms with Crippen LogP contribution in [-0.4, -0.2) is 0 Å². The lowest BCUT2D eigenvalue weighted by molar-refractivity contribution is 0.669. The zero-order chi connectivity index (χ0) is 30.9. The van der Waals surface area contributed by atoms with Crippen LogP contribution in [-0.2, 0) is 0 Å². The van der Waals surface area contributed by atoms with E-state index in [0.29, 0.717) is 0 Å². The van der Waals surface area contributed by atoms with E-state index in [1.165, 1.54) is 52.8 Å². The Hall–Kier alpha value is -5.90. The quantitative estimate of drug-likeness (QED) is 0.195. The van der Waals surface area contributed by atoms with E-state index in [9.17, 15) is 0 Å². The molecule has 0 atom stereocenters. The first-order valence-corrected chi connectivity index (χ1v) is 16.7. The van der Waals surface area contributed by atoms with Crippen LogP contribution in [0.2, 0.25) is 0 Å². The average Bonchev–Trinajstić information content (AvgIpc) is 3.69. The van der Waals surface area contributed by atoms with E-state index in [4.69, 9.17) is 4.42 Å². The molecule has 10 aromatic rings. The van der Waals surface area contributed by atoms with Gasteiger partial charge in [-0.25, -0.2) is 0 Å². The molecule has 0 aliphatic heterocycles. The van der Waals surface area contributed by atoms with Crippen molar-refractivity contribution in [2.24, 2.45) is 0 Å². The Morgan fingerprint density at radius 3 is 2.00 bits per heavy atom. The predicted octanol–water partition coefficient (Wildman–Crippen LogP) is 13.4. The zero-order valence-electron chi connectivity index (χ0n) is 25.4. The van der Waals surface area contributed by atoms with Crippen molar-refractivity contribution in [1.82, 2.24) is 0 Å². The predicted molar refractivity (Wildman–Crippen MR) is 202 cm³/mol. The second kappa shape index (κ2) is 10.3. The molecule has 220 valence electrons. The van der Waals surface area contributed by atoms with E-state index in [-0.39, 0.29) is 0 Å².